The Balaban J connectivity index is 2.09. The lowest BCUT2D eigenvalue weighted by Gasteiger charge is -2.37. The first-order valence-electron chi connectivity index (χ1n) is 8.15. The van der Waals surface area contributed by atoms with Crippen molar-refractivity contribution in [2.75, 3.05) is 19.7 Å². The zero-order chi connectivity index (χ0) is 16.3. The van der Waals surface area contributed by atoms with E-state index in [0.717, 1.165) is 12.8 Å². The van der Waals surface area contributed by atoms with Crippen LogP contribution < -0.4 is 0 Å². The van der Waals surface area contributed by atoms with Gasteiger partial charge in [-0.1, -0.05) is 34.6 Å². The molecule has 0 aromatic carbocycles. The van der Waals surface area contributed by atoms with E-state index in [1.165, 1.54) is 0 Å². The molecule has 0 bridgehead atoms. The fraction of sp³-hybridized carbons (Fsp3) is 0.812. The van der Waals surface area contributed by atoms with Crippen LogP contribution in [0.3, 0.4) is 0 Å². The molecule has 0 aliphatic carbocycles. The van der Waals surface area contributed by atoms with E-state index in [1.54, 1.807) is 0 Å². The van der Waals surface area contributed by atoms with Crippen molar-refractivity contribution in [3.63, 3.8) is 0 Å². The van der Waals surface area contributed by atoms with Crippen LogP contribution in [0.15, 0.2) is 4.42 Å². The van der Waals surface area contributed by atoms with Crippen molar-refractivity contribution >= 4 is 5.91 Å². The van der Waals surface area contributed by atoms with Crippen LogP contribution >= 0.6 is 0 Å². The molecule has 2 rings (SSSR count). The van der Waals surface area contributed by atoms with Crippen molar-refractivity contribution in [3.05, 3.63) is 11.8 Å². The fourth-order valence-corrected chi connectivity index (χ4v) is 2.53. The molecule has 1 aromatic rings. The molecular formula is C16H27N3O3. The third-order valence-corrected chi connectivity index (χ3v) is 4.66. The molecular weight excluding hydrogens is 282 g/mol. The Kier molecular flexibility index (Phi) is 5.21. The van der Waals surface area contributed by atoms with Gasteiger partial charge in [-0.3, -0.25) is 4.79 Å². The zero-order valence-corrected chi connectivity index (χ0v) is 14.3. The molecule has 1 unspecified atom stereocenters. The van der Waals surface area contributed by atoms with Crippen LogP contribution in [0.2, 0.25) is 0 Å². The van der Waals surface area contributed by atoms with Crippen LogP contribution in [0, 0.1) is 5.41 Å². The van der Waals surface area contributed by atoms with Crippen LogP contribution in [0.5, 0.6) is 0 Å². The summed E-state index contributed by atoms with van der Waals surface area (Å²) in [4.78, 5) is 14.7. The van der Waals surface area contributed by atoms with E-state index in [9.17, 15) is 4.79 Å². The van der Waals surface area contributed by atoms with E-state index < -0.39 is 0 Å². The summed E-state index contributed by atoms with van der Waals surface area (Å²) in [6.45, 7) is 11.8. The molecule has 0 radical (unpaired) electrons. The lowest BCUT2D eigenvalue weighted by molar-refractivity contribution is -0.150. The average Bonchev–Trinajstić information content (AvgIpc) is 3.04. The van der Waals surface area contributed by atoms with Crippen molar-refractivity contribution in [1.82, 2.24) is 15.1 Å². The lowest BCUT2D eigenvalue weighted by atomic mass is 9.83. The van der Waals surface area contributed by atoms with Crippen molar-refractivity contribution in [2.45, 2.75) is 59.5 Å². The van der Waals surface area contributed by atoms with Gasteiger partial charge in [0.05, 0.1) is 13.2 Å². The first kappa shape index (κ1) is 16.9. The second-order valence-electron chi connectivity index (χ2n) is 6.51. The molecule has 1 aliphatic rings. The van der Waals surface area contributed by atoms with Gasteiger partial charge < -0.3 is 14.1 Å². The molecule has 6 heteroatoms. The molecule has 124 valence electrons. The fourth-order valence-electron chi connectivity index (χ4n) is 2.53. The normalized spacial score (nSPS) is 19.7. The van der Waals surface area contributed by atoms with Crippen molar-refractivity contribution in [3.8, 4) is 0 Å². The highest BCUT2D eigenvalue weighted by Gasteiger charge is 2.37. The summed E-state index contributed by atoms with van der Waals surface area (Å²) in [6.07, 6.45) is 1.35. The molecule has 1 fully saturated rings. The molecule has 1 aromatic heterocycles. The number of carbonyl (C=O) groups excluding carboxylic acids is 1. The van der Waals surface area contributed by atoms with Crippen LogP contribution in [-0.4, -0.2) is 40.7 Å². The quantitative estimate of drug-likeness (QED) is 0.836. The maximum absolute atomic E-state index is 12.8. The second-order valence-corrected chi connectivity index (χ2v) is 6.51. The highest BCUT2D eigenvalue weighted by atomic mass is 16.5. The van der Waals surface area contributed by atoms with Crippen LogP contribution in [0.25, 0.3) is 0 Å². The van der Waals surface area contributed by atoms with Gasteiger partial charge in [-0.2, -0.15) is 0 Å². The minimum Gasteiger partial charge on any atom is -0.422 e. The number of rotatable bonds is 5. The Hall–Kier alpha value is -1.43. The number of morpholine rings is 1. The van der Waals surface area contributed by atoms with Gasteiger partial charge in [-0.05, 0) is 12.8 Å². The number of hydrogen-bond donors (Lipinski definition) is 0. The van der Waals surface area contributed by atoms with Crippen LogP contribution in [-0.2, 0) is 9.53 Å². The van der Waals surface area contributed by atoms with E-state index in [-0.39, 0.29) is 23.3 Å². The summed E-state index contributed by atoms with van der Waals surface area (Å²) in [6, 6.07) is 0. The maximum Gasteiger partial charge on any atom is 0.247 e. The van der Waals surface area contributed by atoms with Gasteiger partial charge in [0.1, 0.15) is 0 Å². The van der Waals surface area contributed by atoms with Gasteiger partial charge in [0.15, 0.2) is 6.10 Å². The molecule has 2 heterocycles. The van der Waals surface area contributed by atoms with Gasteiger partial charge in [0, 0.05) is 17.9 Å². The summed E-state index contributed by atoms with van der Waals surface area (Å²) in [5, 5.41) is 8.12. The summed E-state index contributed by atoms with van der Waals surface area (Å²) < 4.78 is 11.4. The molecule has 0 saturated carbocycles. The third-order valence-electron chi connectivity index (χ3n) is 4.66. The highest BCUT2D eigenvalue weighted by Crippen LogP contribution is 2.31. The number of nitrogens with zero attached hydrogens (tertiary/aromatic N) is 3. The second kappa shape index (κ2) is 6.77. The van der Waals surface area contributed by atoms with Crippen molar-refractivity contribution in [2.24, 2.45) is 5.41 Å². The molecule has 1 amide bonds. The topological polar surface area (TPSA) is 68.5 Å². The van der Waals surface area contributed by atoms with Crippen LogP contribution in [0.1, 0.15) is 71.3 Å². The first-order chi connectivity index (χ1) is 10.4. The number of carbonyl (C=O) groups is 1. The summed E-state index contributed by atoms with van der Waals surface area (Å²) in [7, 11) is 0. The minimum atomic E-state index is -0.323. The van der Waals surface area contributed by atoms with Gasteiger partial charge in [-0.25, -0.2) is 0 Å². The summed E-state index contributed by atoms with van der Waals surface area (Å²) in [5.74, 6) is 1.45. The van der Waals surface area contributed by atoms with Gasteiger partial charge in [0.2, 0.25) is 17.7 Å². The van der Waals surface area contributed by atoms with E-state index >= 15 is 0 Å². The Labute approximate surface area is 132 Å². The van der Waals surface area contributed by atoms with Crippen LogP contribution in [0.4, 0.5) is 0 Å². The number of aromatic nitrogens is 2. The largest absolute Gasteiger partial charge is 0.422 e. The maximum atomic E-state index is 12.8. The third kappa shape index (κ3) is 3.32. The standard InChI is InChI=1S/C16H27N3O3/c1-6-16(5,7-2)15(20)19-8-9-21-12(10-19)14-18-17-13(22-14)11(3)4/h11-12H,6-10H2,1-5H3. The average molecular weight is 309 g/mol. The predicted molar refractivity (Wildman–Crippen MR) is 82.3 cm³/mol. The predicted octanol–water partition coefficient (Wildman–Crippen LogP) is 2.92. The molecule has 0 N–H and O–H groups in total. The van der Waals surface area contributed by atoms with Crippen molar-refractivity contribution < 1.29 is 13.9 Å². The number of ether oxygens (including phenoxy) is 1. The first-order valence-corrected chi connectivity index (χ1v) is 8.15. The van der Waals surface area contributed by atoms with E-state index in [0.29, 0.717) is 31.5 Å². The molecule has 1 saturated heterocycles. The number of amides is 1. The Morgan fingerprint density at radius 3 is 2.59 bits per heavy atom. The monoisotopic (exact) mass is 309 g/mol. The molecule has 0 spiro atoms. The minimum absolute atomic E-state index is 0.186. The zero-order valence-electron chi connectivity index (χ0n) is 14.3. The number of hydrogen-bond acceptors (Lipinski definition) is 5. The SMILES string of the molecule is CCC(C)(CC)C(=O)N1CCOC(c2nnc(C(C)C)o2)C1. The van der Waals surface area contributed by atoms with E-state index in [4.69, 9.17) is 9.15 Å². The molecule has 1 atom stereocenters. The molecule has 6 nitrogen and oxygen atoms in total. The van der Waals surface area contributed by atoms with Crippen molar-refractivity contribution in [1.29, 1.82) is 0 Å². The molecule has 22 heavy (non-hydrogen) atoms. The Bertz CT molecular complexity index is 508. The van der Waals surface area contributed by atoms with Gasteiger partial charge in [0.25, 0.3) is 0 Å². The summed E-state index contributed by atoms with van der Waals surface area (Å²) in [5.41, 5.74) is -0.306. The Morgan fingerprint density at radius 1 is 1.36 bits per heavy atom. The molecule has 1 aliphatic heterocycles. The Morgan fingerprint density at radius 2 is 2.05 bits per heavy atom. The summed E-state index contributed by atoms with van der Waals surface area (Å²) >= 11 is 0. The van der Waals surface area contributed by atoms with E-state index in [2.05, 4.69) is 24.0 Å². The van der Waals surface area contributed by atoms with Gasteiger partial charge >= 0.3 is 0 Å². The smallest absolute Gasteiger partial charge is 0.247 e. The van der Waals surface area contributed by atoms with Gasteiger partial charge in [-0.15, -0.1) is 10.2 Å². The van der Waals surface area contributed by atoms with E-state index in [1.807, 2.05) is 25.7 Å². The highest BCUT2D eigenvalue weighted by molar-refractivity contribution is 5.82. The lowest BCUT2D eigenvalue weighted by Crippen LogP contribution is -2.48.